The van der Waals surface area contributed by atoms with Gasteiger partial charge in [0.15, 0.2) is 0 Å². The number of unbranched alkanes of at least 4 members (excludes halogenated alkanes) is 3. The molecular weight excluding hydrogens is 396 g/mol. The standard InChI is InChI=1S/C24H36N2O3S/c27-22(25-16-10-2-1-5-11-20-12-6-3-7-13-20)18-26-23(28)17-24(26)30(29)19-21-14-8-4-9-15-21/h4,8-9,14-15,20,24H,1-3,5-7,10-13,16-19H2,(H,25,27). The van der Waals surface area contributed by atoms with Crippen LogP contribution in [0, 0.1) is 5.92 Å². The van der Waals surface area contributed by atoms with Gasteiger partial charge in [-0.25, -0.2) is 0 Å². The quantitative estimate of drug-likeness (QED) is 0.399. The molecule has 2 unspecified atom stereocenters. The average molecular weight is 433 g/mol. The molecule has 2 aliphatic rings. The number of rotatable bonds is 12. The van der Waals surface area contributed by atoms with E-state index in [4.69, 9.17) is 0 Å². The van der Waals surface area contributed by atoms with Crippen molar-refractivity contribution in [2.45, 2.75) is 81.8 Å². The maximum atomic E-state index is 12.6. The van der Waals surface area contributed by atoms with Crippen LogP contribution in [0.3, 0.4) is 0 Å². The van der Waals surface area contributed by atoms with Crippen molar-refractivity contribution in [3.05, 3.63) is 35.9 Å². The summed E-state index contributed by atoms with van der Waals surface area (Å²) in [6.07, 6.45) is 13.4. The second-order valence-electron chi connectivity index (χ2n) is 8.75. The van der Waals surface area contributed by atoms with Crippen LogP contribution in [0.15, 0.2) is 30.3 Å². The minimum Gasteiger partial charge on any atom is -0.355 e. The number of hydrogen-bond donors (Lipinski definition) is 1. The van der Waals surface area contributed by atoms with Crippen LogP contribution in [0.4, 0.5) is 0 Å². The lowest BCUT2D eigenvalue weighted by molar-refractivity contribution is -0.145. The Morgan fingerprint density at radius 2 is 1.77 bits per heavy atom. The molecule has 1 heterocycles. The summed E-state index contributed by atoms with van der Waals surface area (Å²) in [4.78, 5) is 25.6. The molecular formula is C24H36N2O3S. The molecule has 166 valence electrons. The number of nitrogens with zero attached hydrogens (tertiary/aromatic N) is 1. The Morgan fingerprint density at radius 1 is 1.03 bits per heavy atom. The number of carbonyl (C=O) groups excluding carboxylic acids is 2. The van der Waals surface area contributed by atoms with E-state index in [1.807, 2.05) is 30.3 Å². The third-order valence-electron chi connectivity index (χ3n) is 6.37. The van der Waals surface area contributed by atoms with E-state index in [0.717, 1.165) is 24.3 Å². The zero-order valence-electron chi connectivity index (χ0n) is 18.0. The summed E-state index contributed by atoms with van der Waals surface area (Å²) in [5, 5.41) is 2.58. The minimum atomic E-state index is -1.18. The second kappa shape index (κ2) is 12.2. The number of carbonyl (C=O) groups is 2. The maximum Gasteiger partial charge on any atom is 0.239 e. The van der Waals surface area contributed by atoms with Crippen molar-refractivity contribution >= 4 is 22.6 Å². The molecule has 0 radical (unpaired) electrons. The highest BCUT2D eigenvalue weighted by molar-refractivity contribution is 7.85. The third kappa shape index (κ3) is 7.22. The molecule has 2 atom stereocenters. The summed E-state index contributed by atoms with van der Waals surface area (Å²) >= 11 is 0. The summed E-state index contributed by atoms with van der Waals surface area (Å²) in [6, 6.07) is 9.63. The molecule has 0 bridgehead atoms. The van der Waals surface area contributed by atoms with Crippen LogP contribution in [0.25, 0.3) is 0 Å². The topological polar surface area (TPSA) is 66.5 Å². The van der Waals surface area contributed by atoms with Gasteiger partial charge in [-0.15, -0.1) is 0 Å². The summed E-state index contributed by atoms with van der Waals surface area (Å²) in [5.41, 5.74) is 0.989. The van der Waals surface area contributed by atoms with E-state index in [-0.39, 0.29) is 30.2 Å². The smallest absolute Gasteiger partial charge is 0.239 e. The van der Waals surface area contributed by atoms with E-state index in [1.165, 1.54) is 56.3 Å². The van der Waals surface area contributed by atoms with E-state index in [0.29, 0.717) is 12.3 Å². The first kappa shape index (κ1) is 23.0. The average Bonchev–Trinajstić information content (AvgIpc) is 2.76. The van der Waals surface area contributed by atoms with Gasteiger partial charge >= 0.3 is 0 Å². The third-order valence-corrected chi connectivity index (χ3v) is 8.02. The molecule has 1 aliphatic heterocycles. The van der Waals surface area contributed by atoms with Crippen molar-refractivity contribution in [2.24, 2.45) is 5.92 Å². The Bertz CT molecular complexity index is 704. The molecule has 1 saturated heterocycles. The molecule has 1 aromatic carbocycles. The van der Waals surface area contributed by atoms with Gasteiger partial charge in [0.2, 0.25) is 11.8 Å². The van der Waals surface area contributed by atoms with E-state index in [2.05, 4.69) is 5.32 Å². The van der Waals surface area contributed by atoms with E-state index < -0.39 is 10.8 Å². The van der Waals surface area contributed by atoms with Gasteiger partial charge in [-0.1, -0.05) is 88.1 Å². The predicted molar refractivity (Wildman–Crippen MR) is 121 cm³/mol. The number of hydrogen-bond acceptors (Lipinski definition) is 3. The van der Waals surface area contributed by atoms with Crippen LogP contribution in [-0.2, 0) is 26.1 Å². The Hall–Kier alpha value is -1.69. The van der Waals surface area contributed by atoms with Gasteiger partial charge in [0, 0.05) is 17.3 Å². The molecule has 0 aromatic heterocycles. The van der Waals surface area contributed by atoms with Crippen molar-refractivity contribution in [3.63, 3.8) is 0 Å². The van der Waals surface area contributed by atoms with Crippen LogP contribution < -0.4 is 5.32 Å². The fourth-order valence-electron chi connectivity index (χ4n) is 4.51. The van der Waals surface area contributed by atoms with Crippen LogP contribution >= 0.6 is 0 Å². The molecule has 6 heteroatoms. The van der Waals surface area contributed by atoms with Gasteiger partial charge < -0.3 is 10.2 Å². The highest BCUT2D eigenvalue weighted by atomic mass is 32.2. The number of likely N-dealkylation sites (tertiary alicyclic amines) is 1. The molecule has 1 aliphatic carbocycles. The first-order valence-corrected chi connectivity index (χ1v) is 13.0. The largest absolute Gasteiger partial charge is 0.355 e. The van der Waals surface area contributed by atoms with Gasteiger partial charge in [0.25, 0.3) is 0 Å². The molecule has 1 saturated carbocycles. The molecule has 3 rings (SSSR count). The van der Waals surface area contributed by atoms with Crippen molar-refractivity contribution in [2.75, 3.05) is 13.1 Å². The minimum absolute atomic E-state index is 0.0196. The predicted octanol–water partition coefficient (Wildman–Crippen LogP) is 4.14. The maximum absolute atomic E-state index is 12.6. The van der Waals surface area contributed by atoms with Gasteiger partial charge in [0.05, 0.1) is 12.2 Å². The van der Waals surface area contributed by atoms with Crippen molar-refractivity contribution in [1.82, 2.24) is 10.2 Å². The van der Waals surface area contributed by atoms with Gasteiger partial charge in [0.1, 0.15) is 11.9 Å². The first-order valence-electron chi connectivity index (χ1n) is 11.6. The highest BCUT2D eigenvalue weighted by Crippen LogP contribution is 2.28. The SMILES string of the molecule is O=C(CN1C(=O)CC1S(=O)Cc1ccccc1)NCCCCCCC1CCCCC1. The Morgan fingerprint density at radius 3 is 2.50 bits per heavy atom. The first-order chi connectivity index (χ1) is 14.6. The molecule has 2 amide bonds. The molecule has 1 aromatic rings. The Kier molecular flexibility index (Phi) is 9.37. The summed E-state index contributed by atoms with van der Waals surface area (Å²) in [6.45, 7) is 0.674. The van der Waals surface area contributed by atoms with E-state index in [9.17, 15) is 13.8 Å². The van der Waals surface area contributed by atoms with E-state index >= 15 is 0 Å². The fraction of sp³-hybridized carbons (Fsp3) is 0.667. The van der Waals surface area contributed by atoms with Crippen molar-refractivity contribution in [1.29, 1.82) is 0 Å². The van der Waals surface area contributed by atoms with Gasteiger partial charge in [-0.05, 0) is 17.9 Å². The number of benzene rings is 1. The molecule has 2 fully saturated rings. The van der Waals surface area contributed by atoms with E-state index in [1.54, 1.807) is 0 Å². The fourth-order valence-corrected chi connectivity index (χ4v) is 6.03. The number of nitrogens with one attached hydrogen (secondary N) is 1. The normalized spacial score (nSPS) is 20.6. The molecule has 0 spiro atoms. The lowest BCUT2D eigenvalue weighted by atomic mass is 9.85. The lowest BCUT2D eigenvalue weighted by Gasteiger charge is -2.39. The Balaban J connectivity index is 1.26. The second-order valence-corrected chi connectivity index (χ2v) is 10.3. The van der Waals surface area contributed by atoms with Crippen LogP contribution in [0.1, 0.15) is 76.2 Å². The molecule has 5 nitrogen and oxygen atoms in total. The summed E-state index contributed by atoms with van der Waals surface area (Å²) in [5.74, 6) is 1.14. The van der Waals surface area contributed by atoms with Gasteiger partial charge in [-0.3, -0.25) is 13.8 Å². The van der Waals surface area contributed by atoms with Crippen LogP contribution in [0.2, 0.25) is 0 Å². The van der Waals surface area contributed by atoms with Crippen molar-refractivity contribution < 1.29 is 13.8 Å². The zero-order chi connectivity index (χ0) is 21.2. The van der Waals surface area contributed by atoms with Gasteiger partial charge in [-0.2, -0.15) is 0 Å². The number of amides is 2. The lowest BCUT2D eigenvalue weighted by Crippen LogP contribution is -2.57. The highest BCUT2D eigenvalue weighted by Gasteiger charge is 2.41. The summed E-state index contributed by atoms with van der Waals surface area (Å²) in [7, 11) is -1.18. The number of β-lactam (4-membered cyclic amide) rings is 1. The summed E-state index contributed by atoms with van der Waals surface area (Å²) < 4.78 is 12.6. The van der Waals surface area contributed by atoms with Crippen LogP contribution in [0.5, 0.6) is 0 Å². The monoisotopic (exact) mass is 432 g/mol. The van der Waals surface area contributed by atoms with Crippen molar-refractivity contribution in [3.8, 4) is 0 Å². The molecule has 30 heavy (non-hydrogen) atoms. The Labute approximate surface area is 183 Å². The van der Waals surface area contributed by atoms with Crippen LogP contribution in [-0.4, -0.2) is 39.4 Å². The molecule has 1 N–H and O–H groups in total. The zero-order valence-corrected chi connectivity index (χ0v) is 18.8.